The highest BCUT2D eigenvalue weighted by atomic mass is 79.9. The summed E-state index contributed by atoms with van der Waals surface area (Å²) >= 11 is 9.51. The van der Waals surface area contributed by atoms with Crippen LogP contribution < -0.4 is 5.32 Å². The zero-order chi connectivity index (χ0) is 13.8. The average molecular weight is 339 g/mol. The lowest BCUT2D eigenvalue weighted by Gasteiger charge is -2.20. The highest BCUT2D eigenvalue weighted by Gasteiger charge is 2.11. The van der Waals surface area contributed by atoms with Gasteiger partial charge in [-0.3, -0.25) is 0 Å². The molecular formula is C16H17BrClN. The van der Waals surface area contributed by atoms with Crippen LogP contribution in [-0.4, -0.2) is 0 Å². The van der Waals surface area contributed by atoms with Gasteiger partial charge in [-0.05, 0) is 48.7 Å². The maximum absolute atomic E-state index is 5.94. The van der Waals surface area contributed by atoms with Crippen molar-refractivity contribution < 1.29 is 0 Å². The minimum atomic E-state index is 0.297. The van der Waals surface area contributed by atoms with Gasteiger partial charge in [0.1, 0.15) is 0 Å². The van der Waals surface area contributed by atoms with Gasteiger partial charge in [-0.1, -0.05) is 52.7 Å². The molecule has 2 aromatic rings. The number of benzene rings is 2. The molecule has 2 rings (SSSR count). The lowest BCUT2D eigenvalue weighted by atomic mass is 10.0. The fraction of sp³-hybridized carbons (Fsp3) is 0.250. The van der Waals surface area contributed by atoms with Crippen molar-refractivity contribution in [2.75, 3.05) is 5.32 Å². The van der Waals surface area contributed by atoms with E-state index in [4.69, 9.17) is 11.6 Å². The van der Waals surface area contributed by atoms with E-state index in [0.717, 1.165) is 21.6 Å². The van der Waals surface area contributed by atoms with Crippen molar-refractivity contribution in [2.24, 2.45) is 0 Å². The van der Waals surface area contributed by atoms with Crippen LogP contribution in [0.1, 0.15) is 30.5 Å². The summed E-state index contributed by atoms with van der Waals surface area (Å²) in [5.41, 5.74) is 3.65. The molecule has 0 spiro atoms. The smallest absolute Gasteiger partial charge is 0.0511 e. The summed E-state index contributed by atoms with van der Waals surface area (Å²) in [7, 11) is 0. The first-order valence-electron chi connectivity index (χ1n) is 6.39. The van der Waals surface area contributed by atoms with Gasteiger partial charge in [-0.2, -0.15) is 0 Å². The van der Waals surface area contributed by atoms with Gasteiger partial charge in [0.15, 0.2) is 0 Å². The quantitative estimate of drug-likeness (QED) is 0.723. The molecule has 0 amide bonds. The highest BCUT2D eigenvalue weighted by Crippen LogP contribution is 2.29. The third kappa shape index (κ3) is 3.52. The molecule has 1 N–H and O–H groups in total. The summed E-state index contributed by atoms with van der Waals surface area (Å²) in [5.74, 6) is 0. The molecule has 0 aromatic heterocycles. The molecule has 1 unspecified atom stereocenters. The van der Waals surface area contributed by atoms with E-state index in [9.17, 15) is 0 Å². The van der Waals surface area contributed by atoms with Crippen molar-refractivity contribution in [1.29, 1.82) is 0 Å². The maximum atomic E-state index is 5.94. The van der Waals surface area contributed by atoms with Crippen LogP contribution in [-0.2, 0) is 0 Å². The molecule has 100 valence electrons. The number of rotatable bonds is 4. The van der Waals surface area contributed by atoms with Crippen molar-refractivity contribution in [1.82, 2.24) is 0 Å². The second-order valence-electron chi connectivity index (χ2n) is 4.57. The van der Waals surface area contributed by atoms with Gasteiger partial charge in [-0.25, -0.2) is 0 Å². The SMILES string of the molecule is CCC(Nc1cccc(Br)c1C)c1ccc(Cl)cc1. The number of hydrogen-bond donors (Lipinski definition) is 1. The first-order chi connectivity index (χ1) is 9.11. The standard InChI is InChI=1S/C16H17BrClN/c1-3-15(12-7-9-13(18)10-8-12)19-16-6-4-5-14(17)11(16)2/h4-10,15,19H,3H2,1-2H3. The number of nitrogens with one attached hydrogen (secondary N) is 1. The van der Waals surface area contributed by atoms with Crippen LogP contribution in [0.25, 0.3) is 0 Å². The highest BCUT2D eigenvalue weighted by molar-refractivity contribution is 9.10. The number of anilines is 1. The largest absolute Gasteiger partial charge is 0.378 e. The predicted octanol–water partition coefficient (Wildman–Crippen LogP) is 5.97. The lowest BCUT2D eigenvalue weighted by molar-refractivity contribution is 0.748. The summed E-state index contributed by atoms with van der Waals surface area (Å²) in [6, 6.07) is 14.6. The molecule has 2 aromatic carbocycles. The minimum absolute atomic E-state index is 0.297. The zero-order valence-corrected chi connectivity index (χ0v) is 13.4. The Morgan fingerprint density at radius 2 is 1.84 bits per heavy atom. The summed E-state index contributed by atoms with van der Waals surface area (Å²) in [4.78, 5) is 0. The van der Waals surface area contributed by atoms with Gasteiger partial charge in [-0.15, -0.1) is 0 Å². The summed E-state index contributed by atoms with van der Waals surface area (Å²) in [5, 5.41) is 4.38. The van der Waals surface area contributed by atoms with Gasteiger partial charge in [0.25, 0.3) is 0 Å². The fourth-order valence-electron chi connectivity index (χ4n) is 2.07. The maximum Gasteiger partial charge on any atom is 0.0511 e. The molecule has 0 fully saturated rings. The first-order valence-corrected chi connectivity index (χ1v) is 7.56. The van der Waals surface area contributed by atoms with Crippen molar-refractivity contribution in [2.45, 2.75) is 26.3 Å². The Kier molecular flexibility index (Phi) is 4.89. The molecule has 1 atom stereocenters. The molecule has 0 aliphatic heterocycles. The molecule has 0 heterocycles. The average Bonchev–Trinajstić information content (AvgIpc) is 2.42. The molecule has 0 radical (unpaired) electrons. The molecule has 0 bridgehead atoms. The van der Waals surface area contributed by atoms with E-state index in [1.165, 1.54) is 11.1 Å². The van der Waals surface area contributed by atoms with Crippen LogP contribution in [0.15, 0.2) is 46.9 Å². The fourth-order valence-corrected chi connectivity index (χ4v) is 2.56. The molecule has 0 saturated heterocycles. The van der Waals surface area contributed by atoms with Crippen LogP contribution in [0.4, 0.5) is 5.69 Å². The number of hydrogen-bond acceptors (Lipinski definition) is 1. The van der Waals surface area contributed by atoms with E-state index >= 15 is 0 Å². The van der Waals surface area contributed by atoms with Crippen LogP contribution in [0.3, 0.4) is 0 Å². The van der Waals surface area contributed by atoms with E-state index < -0.39 is 0 Å². The summed E-state index contributed by atoms with van der Waals surface area (Å²) in [6.45, 7) is 4.29. The second kappa shape index (κ2) is 6.44. The monoisotopic (exact) mass is 337 g/mol. The Hall–Kier alpha value is -0.990. The molecule has 0 aliphatic rings. The van der Waals surface area contributed by atoms with Crippen molar-refractivity contribution in [3.05, 3.63) is 63.1 Å². The van der Waals surface area contributed by atoms with Crippen LogP contribution in [0.5, 0.6) is 0 Å². The third-order valence-electron chi connectivity index (χ3n) is 3.28. The molecule has 3 heteroatoms. The molecule has 1 nitrogen and oxygen atoms in total. The van der Waals surface area contributed by atoms with Crippen molar-refractivity contribution in [3.8, 4) is 0 Å². The van der Waals surface area contributed by atoms with E-state index in [2.05, 4.69) is 59.4 Å². The van der Waals surface area contributed by atoms with E-state index in [-0.39, 0.29) is 0 Å². The van der Waals surface area contributed by atoms with Gasteiger partial charge in [0, 0.05) is 15.2 Å². The number of halogens is 2. The van der Waals surface area contributed by atoms with Gasteiger partial charge in [0.2, 0.25) is 0 Å². The lowest BCUT2D eigenvalue weighted by Crippen LogP contribution is -2.10. The molecule has 19 heavy (non-hydrogen) atoms. The van der Waals surface area contributed by atoms with Gasteiger partial charge in [0.05, 0.1) is 6.04 Å². The predicted molar refractivity (Wildman–Crippen MR) is 87.0 cm³/mol. The Balaban J connectivity index is 2.24. The molecule has 0 saturated carbocycles. The van der Waals surface area contributed by atoms with Crippen molar-refractivity contribution in [3.63, 3.8) is 0 Å². The second-order valence-corrected chi connectivity index (χ2v) is 5.86. The van der Waals surface area contributed by atoms with Crippen LogP contribution >= 0.6 is 27.5 Å². The van der Waals surface area contributed by atoms with Crippen molar-refractivity contribution >= 4 is 33.2 Å². The van der Waals surface area contributed by atoms with E-state index in [1.54, 1.807) is 0 Å². The van der Waals surface area contributed by atoms with Gasteiger partial charge < -0.3 is 5.32 Å². The Labute approximate surface area is 128 Å². The topological polar surface area (TPSA) is 12.0 Å². The molecule has 0 aliphatic carbocycles. The van der Waals surface area contributed by atoms with Crippen LogP contribution in [0, 0.1) is 6.92 Å². The minimum Gasteiger partial charge on any atom is -0.378 e. The third-order valence-corrected chi connectivity index (χ3v) is 4.39. The summed E-state index contributed by atoms with van der Waals surface area (Å²) < 4.78 is 1.13. The van der Waals surface area contributed by atoms with E-state index in [1.807, 2.05) is 18.2 Å². The zero-order valence-electron chi connectivity index (χ0n) is 11.1. The normalized spacial score (nSPS) is 12.2. The molecular weight excluding hydrogens is 322 g/mol. The van der Waals surface area contributed by atoms with E-state index in [0.29, 0.717) is 6.04 Å². The first kappa shape index (κ1) is 14.4. The van der Waals surface area contributed by atoms with Gasteiger partial charge >= 0.3 is 0 Å². The van der Waals surface area contributed by atoms with Crippen LogP contribution in [0.2, 0.25) is 5.02 Å². The Bertz CT molecular complexity index is 551. The Morgan fingerprint density at radius 1 is 1.16 bits per heavy atom. The summed E-state index contributed by atoms with van der Waals surface area (Å²) in [6.07, 6.45) is 1.02. The Morgan fingerprint density at radius 3 is 2.47 bits per heavy atom.